The molecule has 134 valence electrons. The van der Waals surface area contributed by atoms with Crippen LogP contribution in [0.15, 0.2) is 41.5 Å². The van der Waals surface area contributed by atoms with Crippen molar-refractivity contribution in [3.63, 3.8) is 0 Å². The quantitative estimate of drug-likeness (QED) is 0.333. The van der Waals surface area contributed by atoms with Crippen molar-refractivity contribution in [2.75, 3.05) is 5.32 Å². The van der Waals surface area contributed by atoms with Crippen molar-refractivity contribution in [2.45, 2.75) is 13.8 Å². The molecule has 3 N–H and O–H groups in total. The van der Waals surface area contributed by atoms with Gasteiger partial charge < -0.3 is 10.4 Å². The number of phenols is 1. The van der Waals surface area contributed by atoms with Crippen LogP contribution in [0.25, 0.3) is 0 Å². The van der Waals surface area contributed by atoms with E-state index in [4.69, 9.17) is 0 Å². The van der Waals surface area contributed by atoms with Crippen LogP contribution in [0.2, 0.25) is 0 Å². The fraction of sp³-hybridized carbons (Fsp3) is 0.118. The Morgan fingerprint density at radius 3 is 2.50 bits per heavy atom. The van der Waals surface area contributed by atoms with Gasteiger partial charge in [-0.3, -0.25) is 19.7 Å². The lowest BCUT2D eigenvalue weighted by molar-refractivity contribution is -0.385. The second-order valence-corrected chi connectivity index (χ2v) is 5.46. The average molecular weight is 356 g/mol. The lowest BCUT2D eigenvalue weighted by Gasteiger charge is -2.06. The summed E-state index contributed by atoms with van der Waals surface area (Å²) in [4.78, 5) is 33.5. The number of carbonyl (C=O) groups is 2. The van der Waals surface area contributed by atoms with E-state index in [2.05, 4.69) is 10.4 Å². The smallest absolute Gasteiger partial charge is 0.329 e. The van der Waals surface area contributed by atoms with Gasteiger partial charge in [0.2, 0.25) is 0 Å². The van der Waals surface area contributed by atoms with Gasteiger partial charge in [-0.05, 0) is 49.2 Å². The summed E-state index contributed by atoms with van der Waals surface area (Å²) in [6.07, 6.45) is 1.12. The predicted molar refractivity (Wildman–Crippen MR) is 95.0 cm³/mol. The second-order valence-electron chi connectivity index (χ2n) is 5.46. The number of amides is 2. The zero-order valence-corrected chi connectivity index (χ0v) is 14.0. The number of rotatable bonds is 4. The summed E-state index contributed by atoms with van der Waals surface area (Å²) in [7, 11) is 0. The van der Waals surface area contributed by atoms with E-state index in [9.17, 15) is 24.8 Å². The fourth-order valence-electron chi connectivity index (χ4n) is 1.99. The van der Waals surface area contributed by atoms with Crippen LogP contribution >= 0.6 is 0 Å². The molecule has 0 saturated carbocycles. The third kappa shape index (κ3) is 4.63. The summed E-state index contributed by atoms with van der Waals surface area (Å²) in [5.41, 5.74) is 4.30. The standard InChI is InChI=1S/C17H16N4O5/c1-10-3-5-13(7-11(10)2)19-16(23)17(24)20-18-9-12-4-6-15(22)14(8-12)21(25)26/h3-9,22H,1-2H3,(H,19,23)(H,20,24)/b18-9-. The first-order valence-electron chi connectivity index (χ1n) is 7.47. The Labute approximate surface area is 148 Å². The molecule has 0 unspecified atom stereocenters. The molecule has 0 radical (unpaired) electrons. The van der Waals surface area contributed by atoms with Crippen molar-refractivity contribution < 1.29 is 19.6 Å². The number of hydrazone groups is 1. The van der Waals surface area contributed by atoms with E-state index in [1.54, 1.807) is 12.1 Å². The van der Waals surface area contributed by atoms with E-state index >= 15 is 0 Å². The molecule has 0 spiro atoms. The van der Waals surface area contributed by atoms with Crippen molar-refractivity contribution in [1.82, 2.24) is 5.43 Å². The van der Waals surface area contributed by atoms with Crippen LogP contribution in [0, 0.1) is 24.0 Å². The van der Waals surface area contributed by atoms with Crippen molar-refractivity contribution in [3.05, 3.63) is 63.2 Å². The lowest BCUT2D eigenvalue weighted by Crippen LogP contribution is -2.32. The van der Waals surface area contributed by atoms with E-state index in [0.717, 1.165) is 29.5 Å². The highest BCUT2D eigenvalue weighted by Gasteiger charge is 2.14. The number of aryl methyl sites for hydroxylation is 2. The van der Waals surface area contributed by atoms with E-state index in [0.29, 0.717) is 5.69 Å². The van der Waals surface area contributed by atoms with Crippen molar-refractivity contribution in [2.24, 2.45) is 5.10 Å². The molecule has 0 atom stereocenters. The molecule has 0 aliphatic heterocycles. The lowest BCUT2D eigenvalue weighted by atomic mass is 10.1. The normalized spacial score (nSPS) is 10.5. The Morgan fingerprint density at radius 2 is 1.85 bits per heavy atom. The molecule has 0 aromatic heterocycles. The van der Waals surface area contributed by atoms with Gasteiger partial charge in [0.25, 0.3) is 0 Å². The topological polar surface area (TPSA) is 134 Å². The first kappa shape index (κ1) is 18.6. The Morgan fingerprint density at radius 1 is 1.12 bits per heavy atom. The molecule has 2 aromatic rings. The summed E-state index contributed by atoms with van der Waals surface area (Å²) in [5.74, 6) is -2.38. The highest BCUT2D eigenvalue weighted by molar-refractivity contribution is 6.39. The number of hydrogen-bond donors (Lipinski definition) is 3. The minimum Gasteiger partial charge on any atom is -0.502 e. The van der Waals surface area contributed by atoms with Gasteiger partial charge in [0.1, 0.15) is 0 Å². The second kappa shape index (κ2) is 7.88. The number of phenolic OH excluding ortho intramolecular Hbond substituents is 1. The molecule has 2 aromatic carbocycles. The fourth-order valence-corrected chi connectivity index (χ4v) is 1.99. The third-order valence-corrected chi connectivity index (χ3v) is 3.55. The van der Waals surface area contributed by atoms with E-state index < -0.39 is 28.2 Å². The maximum absolute atomic E-state index is 11.8. The predicted octanol–water partition coefficient (Wildman–Crippen LogP) is 2.01. The Hall–Kier alpha value is -3.75. The van der Waals surface area contributed by atoms with Crippen LogP contribution in [0.4, 0.5) is 11.4 Å². The summed E-state index contributed by atoms with van der Waals surface area (Å²) in [6, 6.07) is 8.81. The highest BCUT2D eigenvalue weighted by atomic mass is 16.6. The van der Waals surface area contributed by atoms with Crippen LogP contribution in [-0.2, 0) is 9.59 Å². The van der Waals surface area contributed by atoms with Gasteiger partial charge in [0, 0.05) is 17.3 Å². The Kier molecular flexibility index (Phi) is 5.63. The largest absolute Gasteiger partial charge is 0.502 e. The number of nitrogens with one attached hydrogen (secondary N) is 2. The Bertz CT molecular complexity index is 908. The maximum Gasteiger partial charge on any atom is 0.329 e. The van der Waals surface area contributed by atoms with Gasteiger partial charge in [0.15, 0.2) is 5.75 Å². The maximum atomic E-state index is 11.8. The summed E-state index contributed by atoms with van der Waals surface area (Å²) < 4.78 is 0. The molecule has 0 heterocycles. The van der Waals surface area contributed by atoms with Crippen LogP contribution in [0.5, 0.6) is 5.75 Å². The van der Waals surface area contributed by atoms with Crippen LogP contribution in [0.3, 0.4) is 0 Å². The number of anilines is 1. The van der Waals surface area contributed by atoms with Crippen LogP contribution < -0.4 is 10.7 Å². The number of nitro groups is 1. The summed E-state index contributed by atoms with van der Waals surface area (Å²) in [5, 5.41) is 26.1. The van der Waals surface area contributed by atoms with Gasteiger partial charge in [0.05, 0.1) is 11.1 Å². The molecule has 0 aliphatic rings. The Balaban J connectivity index is 1.98. The monoisotopic (exact) mass is 356 g/mol. The molecule has 0 bridgehead atoms. The number of benzene rings is 2. The molecular weight excluding hydrogens is 340 g/mol. The molecule has 0 aliphatic carbocycles. The van der Waals surface area contributed by atoms with E-state index in [-0.39, 0.29) is 5.56 Å². The minimum atomic E-state index is -0.993. The van der Waals surface area contributed by atoms with Crippen molar-refractivity contribution in [3.8, 4) is 5.75 Å². The number of aromatic hydroxyl groups is 1. The summed E-state index contributed by atoms with van der Waals surface area (Å²) >= 11 is 0. The van der Waals surface area contributed by atoms with Gasteiger partial charge in [-0.1, -0.05) is 6.07 Å². The first-order chi connectivity index (χ1) is 12.3. The molecule has 2 rings (SSSR count). The SMILES string of the molecule is Cc1ccc(NC(=O)C(=O)N/N=C\c2ccc(O)c([N+](=O)[O-])c2)cc1C. The molecule has 0 fully saturated rings. The van der Waals surface area contributed by atoms with Crippen molar-refractivity contribution >= 4 is 29.4 Å². The van der Waals surface area contributed by atoms with E-state index in [1.165, 1.54) is 6.07 Å². The zero-order chi connectivity index (χ0) is 19.3. The van der Waals surface area contributed by atoms with Gasteiger partial charge >= 0.3 is 17.5 Å². The highest BCUT2D eigenvalue weighted by Crippen LogP contribution is 2.25. The number of carbonyl (C=O) groups excluding carboxylic acids is 2. The molecule has 0 saturated heterocycles. The van der Waals surface area contributed by atoms with Gasteiger partial charge in [-0.15, -0.1) is 0 Å². The number of nitrogens with zero attached hydrogens (tertiary/aromatic N) is 2. The van der Waals surface area contributed by atoms with Gasteiger partial charge in [-0.25, -0.2) is 5.43 Å². The molecule has 26 heavy (non-hydrogen) atoms. The zero-order valence-electron chi connectivity index (χ0n) is 14.0. The van der Waals surface area contributed by atoms with Gasteiger partial charge in [-0.2, -0.15) is 5.10 Å². The molecule has 2 amide bonds. The molecular formula is C17H16N4O5. The van der Waals surface area contributed by atoms with Crippen LogP contribution in [-0.4, -0.2) is 28.1 Å². The third-order valence-electron chi connectivity index (χ3n) is 3.55. The van der Waals surface area contributed by atoms with Crippen molar-refractivity contribution in [1.29, 1.82) is 0 Å². The molecule has 9 nitrogen and oxygen atoms in total. The number of nitro benzene ring substituents is 1. The average Bonchev–Trinajstić information content (AvgIpc) is 2.59. The first-order valence-corrected chi connectivity index (χ1v) is 7.47. The van der Waals surface area contributed by atoms with Crippen LogP contribution in [0.1, 0.15) is 16.7 Å². The minimum absolute atomic E-state index is 0.268. The number of hydrogen-bond acceptors (Lipinski definition) is 6. The molecule has 9 heteroatoms. The van der Waals surface area contributed by atoms with E-state index in [1.807, 2.05) is 25.3 Å². The summed E-state index contributed by atoms with van der Waals surface area (Å²) in [6.45, 7) is 3.81.